The molecule has 0 aliphatic rings. The Balaban J connectivity index is 2.69. The van der Waals surface area contributed by atoms with E-state index in [1.807, 2.05) is 35.3 Å². The molecule has 0 aromatic heterocycles. The van der Waals surface area contributed by atoms with E-state index in [1.54, 1.807) is 0 Å². The van der Waals surface area contributed by atoms with Gasteiger partial charge in [-0.2, -0.15) is 47.9 Å². The Morgan fingerprint density at radius 1 is 1.09 bits per heavy atom. The van der Waals surface area contributed by atoms with Crippen LogP contribution in [0.5, 0.6) is 0 Å². The zero-order chi connectivity index (χ0) is 8.36. The predicted molar refractivity (Wildman–Crippen MR) is 66.6 cm³/mol. The van der Waals surface area contributed by atoms with Gasteiger partial charge in [-0.1, -0.05) is 0 Å². The van der Waals surface area contributed by atoms with E-state index in [9.17, 15) is 0 Å². The van der Waals surface area contributed by atoms with Crippen LogP contribution in [0.25, 0.3) is 0 Å². The Morgan fingerprint density at radius 2 is 1.82 bits per heavy atom. The molecule has 0 fully saturated rings. The number of hydrogen-bond donors (Lipinski definition) is 1. The van der Waals surface area contributed by atoms with Gasteiger partial charge in [0.2, 0.25) is 0 Å². The molecule has 0 saturated carbocycles. The molecule has 0 spiro atoms. The molecule has 0 radical (unpaired) electrons. The van der Waals surface area contributed by atoms with Gasteiger partial charge in [0.1, 0.15) is 0 Å². The summed E-state index contributed by atoms with van der Waals surface area (Å²) in [5.74, 6) is 4.83. The molecule has 0 unspecified atom stereocenters. The van der Waals surface area contributed by atoms with E-state index in [0.29, 0.717) is 0 Å². The van der Waals surface area contributed by atoms with E-state index in [1.165, 1.54) is 28.8 Å². The topological polar surface area (TPSA) is 0 Å². The van der Waals surface area contributed by atoms with E-state index < -0.39 is 0 Å². The summed E-state index contributed by atoms with van der Waals surface area (Å²) in [5, 5.41) is 1.24. The monoisotopic (exact) mass is 228 g/mol. The highest BCUT2D eigenvalue weighted by atomic mass is 32.2. The molecule has 0 N–H and O–H groups in total. The Labute approximate surface area is 88.5 Å². The lowest BCUT2D eigenvalue weighted by atomic mass is 10.6. The summed E-state index contributed by atoms with van der Waals surface area (Å²) in [4.78, 5) is 0. The van der Waals surface area contributed by atoms with Gasteiger partial charge in [-0.25, -0.2) is 0 Å². The SMILES string of the molecule is CSCCCSCSCCS. The Bertz CT molecular complexity index is 59.5. The number of thioether (sulfide) groups is 3. The molecule has 0 saturated heterocycles. The van der Waals surface area contributed by atoms with Crippen molar-refractivity contribution in [2.75, 3.05) is 34.4 Å². The van der Waals surface area contributed by atoms with Gasteiger partial charge in [-0.05, 0) is 29.9 Å². The van der Waals surface area contributed by atoms with Crippen LogP contribution in [-0.4, -0.2) is 34.4 Å². The molecule has 0 aliphatic heterocycles. The number of hydrogen-bond acceptors (Lipinski definition) is 4. The summed E-state index contributed by atoms with van der Waals surface area (Å²) in [6, 6.07) is 0. The third kappa shape index (κ3) is 11.4. The lowest BCUT2D eigenvalue weighted by Crippen LogP contribution is -1.85. The minimum absolute atomic E-state index is 1.01. The van der Waals surface area contributed by atoms with E-state index in [-0.39, 0.29) is 0 Å². The maximum atomic E-state index is 4.15. The molecule has 11 heavy (non-hydrogen) atoms. The molecule has 0 heterocycles. The Kier molecular flexibility index (Phi) is 12.9. The van der Waals surface area contributed by atoms with Crippen LogP contribution in [0.15, 0.2) is 0 Å². The molecule has 0 aromatic rings. The Hall–Kier alpha value is 1.40. The van der Waals surface area contributed by atoms with Crippen molar-refractivity contribution in [3.63, 3.8) is 0 Å². The molecule has 4 heteroatoms. The van der Waals surface area contributed by atoms with Crippen molar-refractivity contribution in [3.05, 3.63) is 0 Å². The minimum atomic E-state index is 1.01. The van der Waals surface area contributed by atoms with Crippen molar-refractivity contribution < 1.29 is 0 Å². The van der Waals surface area contributed by atoms with Crippen molar-refractivity contribution in [3.8, 4) is 0 Å². The van der Waals surface area contributed by atoms with Crippen LogP contribution in [-0.2, 0) is 0 Å². The van der Waals surface area contributed by atoms with Crippen molar-refractivity contribution in [2.24, 2.45) is 0 Å². The fourth-order valence-corrected chi connectivity index (χ4v) is 3.44. The predicted octanol–water partition coefficient (Wildman–Crippen LogP) is 3.09. The quantitative estimate of drug-likeness (QED) is 0.385. The number of rotatable bonds is 8. The smallest absolute Gasteiger partial charge is 0.0392 e. The summed E-state index contributed by atoms with van der Waals surface area (Å²) < 4.78 is 0. The van der Waals surface area contributed by atoms with Crippen molar-refractivity contribution in [1.82, 2.24) is 0 Å². The zero-order valence-electron chi connectivity index (χ0n) is 6.91. The lowest BCUT2D eigenvalue weighted by molar-refractivity contribution is 1.13. The Morgan fingerprint density at radius 3 is 2.45 bits per heavy atom. The van der Waals surface area contributed by atoms with Crippen molar-refractivity contribution in [2.45, 2.75) is 6.42 Å². The fraction of sp³-hybridized carbons (Fsp3) is 1.00. The lowest BCUT2D eigenvalue weighted by Gasteiger charge is -1.99. The van der Waals surface area contributed by atoms with Gasteiger partial charge in [0.15, 0.2) is 0 Å². The molecule has 0 bridgehead atoms. The van der Waals surface area contributed by atoms with E-state index >= 15 is 0 Å². The first-order valence-corrected chi connectivity index (χ1v) is 8.00. The second-order valence-electron chi connectivity index (χ2n) is 2.00. The summed E-state index contributed by atoms with van der Waals surface area (Å²) in [6.45, 7) is 0. The van der Waals surface area contributed by atoms with E-state index in [0.717, 1.165) is 5.75 Å². The van der Waals surface area contributed by atoms with Gasteiger partial charge in [-0.15, -0.1) is 0 Å². The molecule has 0 nitrogen and oxygen atoms in total. The van der Waals surface area contributed by atoms with Crippen LogP contribution in [0, 0.1) is 0 Å². The first-order valence-electron chi connectivity index (χ1n) is 3.67. The van der Waals surface area contributed by atoms with Gasteiger partial charge in [0, 0.05) is 10.8 Å². The number of thiol groups is 1. The molecule has 0 aromatic carbocycles. The molecule has 0 amide bonds. The first-order chi connectivity index (χ1) is 5.41. The standard InChI is InChI=1S/C7H16S4/c1-9-4-2-5-10-7-11-6-3-8/h8H,2-7H2,1H3. The molecular formula is C7H16S4. The molecule has 0 atom stereocenters. The van der Waals surface area contributed by atoms with E-state index in [4.69, 9.17) is 0 Å². The summed E-state index contributed by atoms with van der Waals surface area (Å²) >= 11 is 10.1. The van der Waals surface area contributed by atoms with Crippen LogP contribution in [0.4, 0.5) is 0 Å². The van der Waals surface area contributed by atoms with Crippen LogP contribution in [0.2, 0.25) is 0 Å². The largest absolute Gasteiger partial charge is 0.179 e. The molecule has 68 valence electrons. The van der Waals surface area contributed by atoms with Crippen LogP contribution >= 0.6 is 47.9 Å². The highest BCUT2D eigenvalue weighted by Crippen LogP contribution is 2.13. The first kappa shape index (κ1) is 12.4. The summed E-state index contributed by atoms with van der Waals surface area (Å²) in [5.41, 5.74) is 0. The van der Waals surface area contributed by atoms with Crippen molar-refractivity contribution in [1.29, 1.82) is 0 Å². The fourth-order valence-electron chi connectivity index (χ4n) is 0.547. The van der Waals surface area contributed by atoms with Crippen LogP contribution in [0.3, 0.4) is 0 Å². The van der Waals surface area contributed by atoms with Gasteiger partial charge >= 0.3 is 0 Å². The maximum absolute atomic E-state index is 4.15. The van der Waals surface area contributed by atoms with Crippen LogP contribution < -0.4 is 0 Å². The van der Waals surface area contributed by atoms with Gasteiger partial charge < -0.3 is 0 Å². The normalized spacial score (nSPS) is 10.4. The molecule has 0 rings (SSSR count). The second-order valence-corrected chi connectivity index (χ2v) is 6.01. The second kappa shape index (κ2) is 11.4. The summed E-state index contributed by atoms with van der Waals surface area (Å²) in [6.07, 6.45) is 3.52. The molecular weight excluding hydrogens is 212 g/mol. The van der Waals surface area contributed by atoms with Crippen LogP contribution in [0.1, 0.15) is 6.42 Å². The average Bonchev–Trinajstić information content (AvgIpc) is 2.03. The van der Waals surface area contributed by atoms with Gasteiger partial charge in [0.05, 0.1) is 0 Å². The highest BCUT2D eigenvalue weighted by Gasteiger charge is 1.89. The average molecular weight is 228 g/mol. The van der Waals surface area contributed by atoms with Crippen molar-refractivity contribution >= 4 is 47.9 Å². The third-order valence-electron chi connectivity index (χ3n) is 1.04. The minimum Gasteiger partial charge on any atom is -0.179 e. The maximum Gasteiger partial charge on any atom is 0.0392 e. The highest BCUT2D eigenvalue weighted by molar-refractivity contribution is 8.16. The van der Waals surface area contributed by atoms with Gasteiger partial charge in [0.25, 0.3) is 0 Å². The zero-order valence-corrected chi connectivity index (χ0v) is 10.3. The molecule has 0 aliphatic carbocycles. The third-order valence-corrected chi connectivity index (χ3v) is 4.67. The summed E-state index contributed by atoms with van der Waals surface area (Å²) in [7, 11) is 0. The van der Waals surface area contributed by atoms with Gasteiger partial charge in [-0.3, -0.25) is 0 Å². The van der Waals surface area contributed by atoms with E-state index in [2.05, 4.69) is 18.9 Å².